The molecule has 0 aromatic heterocycles. The normalized spacial score (nSPS) is 25.3. The summed E-state index contributed by atoms with van der Waals surface area (Å²) in [5, 5.41) is 6.38. The number of rotatable bonds is 5. The second-order valence-electron chi connectivity index (χ2n) is 8.72. The van der Waals surface area contributed by atoms with Crippen molar-refractivity contribution >= 4 is 23.5 Å². The smallest absolute Gasteiger partial charge is 0.244 e. The van der Waals surface area contributed by atoms with Gasteiger partial charge in [-0.25, -0.2) is 4.39 Å². The Hall–Kier alpha value is -2.90. The van der Waals surface area contributed by atoms with Crippen LogP contribution in [-0.2, 0) is 11.2 Å². The Labute approximate surface area is 196 Å². The number of piperazine rings is 1. The zero-order valence-corrected chi connectivity index (χ0v) is 20.4. The Bertz CT molecular complexity index is 930. The molecule has 2 unspecified atom stereocenters. The molecule has 8 heteroatoms. The average molecular weight is 458 g/mol. The number of methoxy groups -OCH3 is 1. The zero-order valence-electron chi connectivity index (χ0n) is 20.4. The standard InChI is InChI=1S/C25H36FN5O2/c1-6-21-13-22(26)23(14-24(21)33-5)29-11-12-31(19(3)15-29)25(32)16-30-17-27-10-8-7-9-18(2)20(4)28-30/h7,9-10,13-14,18-19H,6,8,11-12,15-17H2,1-5H3/b9-7-,27-10-,28-20-. The van der Waals surface area contributed by atoms with Gasteiger partial charge in [0.1, 0.15) is 24.8 Å². The quantitative estimate of drug-likeness (QED) is 0.632. The van der Waals surface area contributed by atoms with Gasteiger partial charge in [-0.2, -0.15) is 5.10 Å². The highest BCUT2D eigenvalue weighted by Gasteiger charge is 2.30. The summed E-state index contributed by atoms with van der Waals surface area (Å²) in [6, 6.07) is 3.27. The van der Waals surface area contributed by atoms with E-state index in [1.807, 2.05) is 36.8 Å². The van der Waals surface area contributed by atoms with Gasteiger partial charge in [0.05, 0.1) is 12.8 Å². The topological polar surface area (TPSA) is 60.7 Å². The molecule has 2 aliphatic heterocycles. The molecule has 1 aromatic carbocycles. The lowest BCUT2D eigenvalue weighted by molar-refractivity contribution is -0.134. The molecule has 1 aromatic rings. The Kier molecular flexibility index (Phi) is 8.47. The lowest BCUT2D eigenvalue weighted by Gasteiger charge is -2.41. The van der Waals surface area contributed by atoms with E-state index in [1.165, 1.54) is 0 Å². The van der Waals surface area contributed by atoms with Gasteiger partial charge < -0.3 is 14.5 Å². The van der Waals surface area contributed by atoms with Gasteiger partial charge in [0, 0.05) is 56.0 Å². The largest absolute Gasteiger partial charge is 0.496 e. The van der Waals surface area contributed by atoms with E-state index in [2.05, 4.69) is 29.2 Å². The van der Waals surface area contributed by atoms with Gasteiger partial charge in [0.25, 0.3) is 0 Å². The van der Waals surface area contributed by atoms with Crippen molar-refractivity contribution in [3.63, 3.8) is 0 Å². The average Bonchev–Trinajstić information content (AvgIpc) is 2.80. The predicted molar refractivity (Wildman–Crippen MR) is 132 cm³/mol. The number of halogens is 1. The molecule has 0 aliphatic carbocycles. The number of aliphatic imine (C=N–C) groups is 1. The van der Waals surface area contributed by atoms with E-state index in [9.17, 15) is 9.18 Å². The van der Waals surface area contributed by atoms with Crippen LogP contribution in [-0.4, -0.2) is 73.7 Å². The fraction of sp³-hybridized carbons (Fsp3) is 0.560. The summed E-state index contributed by atoms with van der Waals surface area (Å²) in [7, 11) is 1.61. The number of carbonyl (C=O) groups excluding carboxylic acids is 1. The first-order valence-electron chi connectivity index (χ1n) is 11.7. The van der Waals surface area contributed by atoms with Crippen LogP contribution in [0.15, 0.2) is 34.4 Å². The van der Waals surface area contributed by atoms with Crippen LogP contribution in [0.1, 0.15) is 39.7 Å². The molecular formula is C25H36FN5O2. The van der Waals surface area contributed by atoms with Crippen LogP contribution in [0.2, 0.25) is 0 Å². The van der Waals surface area contributed by atoms with Crippen LogP contribution in [0, 0.1) is 11.7 Å². The van der Waals surface area contributed by atoms with E-state index >= 15 is 0 Å². The van der Waals surface area contributed by atoms with E-state index in [-0.39, 0.29) is 30.2 Å². The van der Waals surface area contributed by atoms with Crippen molar-refractivity contribution in [2.24, 2.45) is 16.0 Å². The number of carbonyl (C=O) groups is 1. The molecule has 0 spiro atoms. The molecule has 3 rings (SSSR count). The maximum atomic E-state index is 14.8. The minimum atomic E-state index is -0.252. The van der Waals surface area contributed by atoms with Crippen LogP contribution in [0.4, 0.5) is 10.1 Å². The van der Waals surface area contributed by atoms with Crippen molar-refractivity contribution in [1.82, 2.24) is 9.91 Å². The van der Waals surface area contributed by atoms with Crippen LogP contribution >= 0.6 is 0 Å². The van der Waals surface area contributed by atoms with E-state index in [0.29, 0.717) is 44.2 Å². The number of benzene rings is 1. The highest BCUT2D eigenvalue weighted by Crippen LogP contribution is 2.31. The number of allylic oxidation sites excluding steroid dienone is 2. The third kappa shape index (κ3) is 6.12. The molecule has 2 heterocycles. The Morgan fingerprint density at radius 3 is 2.76 bits per heavy atom. The van der Waals surface area contributed by atoms with E-state index in [4.69, 9.17) is 4.74 Å². The number of hydrogen-bond acceptors (Lipinski definition) is 6. The summed E-state index contributed by atoms with van der Waals surface area (Å²) >= 11 is 0. The molecule has 1 fully saturated rings. The number of hydrogen-bond donors (Lipinski definition) is 0. The number of ether oxygens (including phenoxy) is 1. The van der Waals surface area contributed by atoms with Crippen molar-refractivity contribution < 1.29 is 13.9 Å². The maximum Gasteiger partial charge on any atom is 0.244 e. The summed E-state index contributed by atoms with van der Waals surface area (Å²) in [6.45, 7) is 10.2. The monoisotopic (exact) mass is 457 g/mol. The van der Waals surface area contributed by atoms with Crippen LogP contribution in [0.3, 0.4) is 0 Å². The molecule has 180 valence electrons. The lowest BCUT2D eigenvalue weighted by Crippen LogP contribution is -2.56. The van der Waals surface area contributed by atoms with Gasteiger partial charge >= 0.3 is 0 Å². The third-order valence-electron chi connectivity index (χ3n) is 6.34. The fourth-order valence-electron chi connectivity index (χ4n) is 4.23. The highest BCUT2D eigenvalue weighted by molar-refractivity contribution is 5.86. The summed E-state index contributed by atoms with van der Waals surface area (Å²) in [5.41, 5.74) is 2.33. The molecule has 2 aliphatic rings. The van der Waals surface area contributed by atoms with Gasteiger partial charge in [0.2, 0.25) is 5.91 Å². The van der Waals surface area contributed by atoms with Crippen molar-refractivity contribution in [2.45, 2.75) is 46.6 Å². The highest BCUT2D eigenvalue weighted by atomic mass is 19.1. The van der Waals surface area contributed by atoms with Crippen molar-refractivity contribution in [1.29, 1.82) is 0 Å². The zero-order chi connectivity index (χ0) is 24.0. The number of amides is 1. The number of anilines is 1. The molecule has 0 saturated carbocycles. The van der Waals surface area contributed by atoms with E-state index in [1.54, 1.807) is 24.3 Å². The first-order chi connectivity index (χ1) is 15.8. The fourth-order valence-corrected chi connectivity index (χ4v) is 4.23. The lowest BCUT2D eigenvalue weighted by atomic mass is 10.1. The SMILES string of the molecule is CCc1cc(F)c(N2CCN(C(=O)CN3C/N=C\C/C=C\C(C)/C(C)=N\3)C(C)C2)cc1OC. The summed E-state index contributed by atoms with van der Waals surface area (Å²) in [6.07, 6.45) is 7.53. The van der Waals surface area contributed by atoms with E-state index < -0.39 is 0 Å². The maximum absolute atomic E-state index is 14.8. The predicted octanol–water partition coefficient (Wildman–Crippen LogP) is 3.74. The Morgan fingerprint density at radius 1 is 1.27 bits per heavy atom. The van der Waals surface area contributed by atoms with Gasteiger partial charge in [-0.15, -0.1) is 0 Å². The first-order valence-corrected chi connectivity index (χ1v) is 11.7. The number of hydrazone groups is 1. The van der Waals surface area contributed by atoms with Crippen LogP contribution in [0.25, 0.3) is 0 Å². The van der Waals surface area contributed by atoms with Gasteiger partial charge in [-0.05, 0) is 31.9 Å². The molecule has 0 radical (unpaired) electrons. The number of aryl methyl sites for hydroxylation is 1. The number of nitrogens with zero attached hydrogens (tertiary/aromatic N) is 5. The molecule has 33 heavy (non-hydrogen) atoms. The third-order valence-corrected chi connectivity index (χ3v) is 6.34. The van der Waals surface area contributed by atoms with Crippen molar-refractivity contribution in [2.75, 3.05) is 44.9 Å². The molecule has 1 saturated heterocycles. The van der Waals surface area contributed by atoms with Crippen molar-refractivity contribution in [3.05, 3.63) is 35.7 Å². The van der Waals surface area contributed by atoms with Gasteiger partial charge in [-0.3, -0.25) is 14.8 Å². The summed E-state index contributed by atoms with van der Waals surface area (Å²) < 4.78 is 20.3. The molecule has 2 atom stereocenters. The minimum absolute atomic E-state index is 0.00791. The second-order valence-corrected chi connectivity index (χ2v) is 8.72. The van der Waals surface area contributed by atoms with Crippen LogP contribution < -0.4 is 9.64 Å². The Morgan fingerprint density at radius 2 is 2.06 bits per heavy atom. The molecule has 0 bridgehead atoms. The van der Waals surface area contributed by atoms with Gasteiger partial charge in [0.15, 0.2) is 0 Å². The molecular weight excluding hydrogens is 421 g/mol. The summed E-state index contributed by atoms with van der Waals surface area (Å²) in [4.78, 5) is 21.4. The molecule has 7 nitrogen and oxygen atoms in total. The van der Waals surface area contributed by atoms with Crippen molar-refractivity contribution in [3.8, 4) is 5.75 Å². The Balaban J connectivity index is 1.68. The first kappa shape index (κ1) is 24.7. The van der Waals surface area contributed by atoms with Gasteiger partial charge in [-0.1, -0.05) is 26.0 Å². The minimum Gasteiger partial charge on any atom is -0.496 e. The molecule has 0 N–H and O–H groups in total. The van der Waals surface area contributed by atoms with E-state index in [0.717, 1.165) is 17.7 Å². The molecule has 1 amide bonds. The second kappa shape index (κ2) is 11.3. The van der Waals surface area contributed by atoms with Crippen LogP contribution in [0.5, 0.6) is 5.75 Å². The summed E-state index contributed by atoms with van der Waals surface area (Å²) in [5.74, 6) is 0.663.